The molecule has 3 heteroatoms. The number of carbonyl (C=O) groups excluding carboxylic acids is 1. The molecule has 0 rings (SSSR count). The van der Waals surface area contributed by atoms with E-state index in [4.69, 9.17) is 5.73 Å². The van der Waals surface area contributed by atoms with Crippen LogP contribution in [0.2, 0.25) is 0 Å². The fourth-order valence-electron chi connectivity index (χ4n) is 2.48. The van der Waals surface area contributed by atoms with Crippen LogP contribution in [0.3, 0.4) is 0 Å². The average molecular weight is 200 g/mol. The molecule has 14 heavy (non-hydrogen) atoms. The highest BCUT2D eigenvalue weighted by Gasteiger charge is 2.41. The highest BCUT2D eigenvalue weighted by atomic mass is 16.1. The molecule has 0 aromatic heterocycles. The first-order chi connectivity index (χ1) is 6.46. The number of primary amides is 1. The van der Waals surface area contributed by atoms with Crippen LogP contribution >= 0.6 is 0 Å². The number of nitrogens with two attached hydrogens (primary N) is 1. The van der Waals surface area contributed by atoms with Crippen LogP contribution in [-0.4, -0.2) is 30.9 Å². The van der Waals surface area contributed by atoms with Crippen molar-refractivity contribution in [2.45, 2.75) is 46.1 Å². The minimum Gasteiger partial charge on any atom is -0.369 e. The van der Waals surface area contributed by atoms with Gasteiger partial charge in [0.2, 0.25) is 5.91 Å². The first kappa shape index (κ1) is 13.4. The topological polar surface area (TPSA) is 46.3 Å². The van der Waals surface area contributed by atoms with Crippen molar-refractivity contribution in [3.63, 3.8) is 0 Å². The average Bonchev–Trinajstić information content (AvgIpc) is 2.12. The molecule has 0 saturated carbocycles. The lowest BCUT2D eigenvalue weighted by Gasteiger charge is -2.40. The first-order valence-electron chi connectivity index (χ1n) is 5.42. The Labute approximate surface area is 87.6 Å². The van der Waals surface area contributed by atoms with Gasteiger partial charge in [0.25, 0.3) is 0 Å². The lowest BCUT2D eigenvalue weighted by atomic mass is 9.73. The van der Waals surface area contributed by atoms with Crippen molar-refractivity contribution in [2.24, 2.45) is 11.1 Å². The molecule has 84 valence electrons. The second-order valence-corrected chi connectivity index (χ2v) is 4.12. The summed E-state index contributed by atoms with van der Waals surface area (Å²) in [5.74, 6) is -0.164. The van der Waals surface area contributed by atoms with Crippen molar-refractivity contribution < 1.29 is 4.79 Å². The minimum atomic E-state index is -0.363. The van der Waals surface area contributed by atoms with Gasteiger partial charge in [-0.25, -0.2) is 0 Å². The third kappa shape index (κ3) is 2.27. The molecule has 0 bridgehead atoms. The van der Waals surface area contributed by atoms with Crippen molar-refractivity contribution in [1.29, 1.82) is 0 Å². The van der Waals surface area contributed by atoms with Crippen LogP contribution in [0.15, 0.2) is 0 Å². The van der Waals surface area contributed by atoms with Crippen LogP contribution in [0.1, 0.15) is 40.0 Å². The van der Waals surface area contributed by atoms with Gasteiger partial charge in [0.15, 0.2) is 0 Å². The maximum absolute atomic E-state index is 11.6. The van der Waals surface area contributed by atoms with E-state index in [9.17, 15) is 4.79 Å². The van der Waals surface area contributed by atoms with E-state index in [-0.39, 0.29) is 17.4 Å². The number of rotatable bonds is 6. The van der Waals surface area contributed by atoms with Gasteiger partial charge in [0, 0.05) is 6.04 Å². The molecule has 0 radical (unpaired) electrons. The molecule has 0 aliphatic rings. The Morgan fingerprint density at radius 1 is 1.29 bits per heavy atom. The van der Waals surface area contributed by atoms with Crippen LogP contribution in [0.4, 0.5) is 0 Å². The smallest absolute Gasteiger partial charge is 0.225 e. The van der Waals surface area contributed by atoms with E-state index in [2.05, 4.69) is 11.8 Å². The quantitative estimate of drug-likeness (QED) is 0.708. The van der Waals surface area contributed by atoms with Crippen molar-refractivity contribution in [1.82, 2.24) is 4.90 Å². The Balaban J connectivity index is 5.03. The summed E-state index contributed by atoms with van der Waals surface area (Å²) in [4.78, 5) is 13.7. The maximum Gasteiger partial charge on any atom is 0.225 e. The summed E-state index contributed by atoms with van der Waals surface area (Å²) >= 11 is 0. The maximum atomic E-state index is 11.6. The monoisotopic (exact) mass is 200 g/mol. The summed E-state index contributed by atoms with van der Waals surface area (Å²) in [5, 5.41) is 0. The Kier molecular flexibility index (Phi) is 5.13. The molecule has 2 N–H and O–H groups in total. The molecule has 1 amide bonds. The highest BCUT2D eigenvalue weighted by Crippen LogP contribution is 2.34. The van der Waals surface area contributed by atoms with Gasteiger partial charge in [-0.3, -0.25) is 4.79 Å². The van der Waals surface area contributed by atoms with Gasteiger partial charge in [-0.2, -0.15) is 0 Å². The fourth-order valence-corrected chi connectivity index (χ4v) is 2.48. The van der Waals surface area contributed by atoms with Gasteiger partial charge < -0.3 is 10.6 Å². The van der Waals surface area contributed by atoms with Gasteiger partial charge in [-0.1, -0.05) is 20.8 Å². The third-order valence-corrected chi connectivity index (χ3v) is 3.40. The fraction of sp³-hybridized carbons (Fsp3) is 0.909. The molecule has 0 aromatic carbocycles. The number of hydrogen-bond acceptors (Lipinski definition) is 2. The highest BCUT2D eigenvalue weighted by molar-refractivity contribution is 5.81. The van der Waals surface area contributed by atoms with Crippen molar-refractivity contribution >= 4 is 5.91 Å². The summed E-state index contributed by atoms with van der Waals surface area (Å²) in [6, 6.07) is 0.245. The van der Waals surface area contributed by atoms with Crippen LogP contribution < -0.4 is 5.73 Å². The second-order valence-electron chi connectivity index (χ2n) is 4.12. The van der Waals surface area contributed by atoms with Gasteiger partial charge in [-0.15, -0.1) is 0 Å². The van der Waals surface area contributed by atoms with Crippen LogP contribution in [0.5, 0.6) is 0 Å². The predicted octanol–water partition coefficient (Wildman–Crippen LogP) is 1.62. The second kappa shape index (κ2) is 5.35. The standard InChI is InChI=1S/C11H24N2O/c1-6-9(13(4)5)11(7-2,8-3)10(12)14/h9H,6-8H2,1-5H3,(H2,12,14). The summed E-state index contributed by atoms with van der Waals surface area (Å²) < 4.78 is 0. The molecule has 0 aliphatic heterocycles. The van der Waals surface area contributed by atoms with E-state index >= 15 is 0 Å². The largest absolute Gasteiger partial charge is 0.369 e. The predicted molar refractivity (Wildman–Crippen MR) is 60.0 cm³/mol. The molecule has 0 spiro atoms. The van der Waals surface area contributed by atoms with Crippen LogP contribution in [0.25, 0.3) is 0 Å². The normalized spacial score (nSPS) is 14.4. The molecule has 0 aromatic rings. The van der Waals surface area contributed by atoms with Crippen molar-refractivity contribution in [3.05, 3.63) is 0 Å². The van der Waals surface area contributed by atoms with E-state index < -0.39 is 0 Å². The molecule has 0 aliphatic carbocycles. The van der Waals surface area contributed by atoms with E-state index in [1.807, 2.05) is 27.9 Å². The molecule has 0 saturated heterocycles. The summed E-state index contributed by atoms with van der Waals surface area (Å²) in [5.41, 5.74) is 5.18. The van der Waals surface area contributed by atoms with E-state index in [1.165, 1.54) is 0 Å². The lowest BCUT2D eigenvalue weighted by Crippen LogP contribution is -2.51. The zero-order chi connectivity index (χ0) is 11.4. The van der Waals surface area contributed by atoms with Crippen LogP contribution in [-0.2, 0) is 4.79 Å². The van der Waals surface area contributed by atoms with E-state index in [0.717, 1.165) is 19.3 Å². The van der Waals surface area contributed by atoms with Gasteiger partial charge in [0.1, 0.15) is 0 Å². The summed E-state index contributed by atoms with van der Waals surface area (Å²) in [6.07, 6.45) is 2.59. The molecule has 1 unspecified atom stereocenters. The Morgan fingerprint density at radius 2 is 1.71 bits per heavy atom. The molecular weight excluding hydrogens is 176 g/mol. The summed E-state index contributed by atoms with van der Waals surface area (Å²) in [7, 11) is 4.02. The Morgan fingerprint density at radius 3 is 1.79 bits per heavy atom. The molecular formula is C11H24N2O. The molecule has 0 fully saturated rings. The SMILES string of the molecule is CCC(N(C)C)C(CC)(CC)C(N)=O. The van der Waals surface area contributed by atoms with E-state index in [1.54, 1.807) is 0 Å². The van der Waals surface area contributed by atoms with Crippen molar-refractivity contribution in [2.75, 3.05) is 14.1 Å². The van der Waals surface area contributed by atoms with Gasteiger partial charge in [-0.05, 0) is 33.4 Å². The zero-order valence-electron chi connectivity index (χ0n) is 10.1. The number of amides is 1. The van der Waals surface area contributed by atoms with Gasteiger partial charge in [0.05, 0.1) is 5.41 Å². The molecule has 1 atom stereocenters. The number of carbonyl (C=O) groups is 1. The Bertz CT molecular complexity index is 186. The number of nitrogens with zero attached hydrogens (tertiary/aromatic N) is 1. The first-order valence-corrected chi connectivity index (χ1v) is 5.42. The van der Waals surface area contributed by atoms with E-state index in [0.29, 0.717) is 0 Å². The lowest BCUT2D eigenvalue weighted by molar-refractivity contribution is -0.132. The Hall–Kier alpha value is -0.570. The minimum absolute atomic E-state index is 0.164. The molecule has 3 nitrogen and oxygen atoms in total. The molecule has 0 heterocycles. The van der Waals surface area contributed by atoms with Crippen molar-refractivity contribution in [3.8, 4) is 0 Å². The third-order valence-electron chi connectivity index (χ3n) is 3.40. The van der Waals surface area contributed by atoms with Crippen LogP contribution in [0, 0.1) is 5.41 Å². The number of hydrogen-bond donors (Lipinski definition) is 1. The summed E-state index contributed by atoms with van der Waals surface area (Å²) in [6.45, 7) is 6.19. The van der Waals surface area contributed by atoms with Gasteiger partial charge >= 0.3 is 0 Å². The zero-order valence-corrected chi connectivity index (χ0v) is 10.1.